The molecule has 0 aliphatic heterocycles. The maximum Gasteiger partial charge on any atom is 0.163 e. The van der Waals surface area contributed by atoms with Gasteiger partial charge < -0.3 is 0 Å². The van der Waals surface area contributed by atoms with E-state index >= 15 is 0 Å². The second-order valence-corrected chi connectivity index (χ2v) is 13.4. The van der Waals surface area contributed by atoms with Crippen molar-refractivity contribution in [3.05, 3.63) is 162 Å². The van der Waals surface area contributed by atoms with Gasteiger partial charge in [0, 0.05) is 34.9 Å². The number of nitriles is 1. The zero-order valence-electron chi connectivity index (χ0n) is 28.3. The lowest BCUT2D eigenvalue weighted by Gasteiger charge is -2.28. The van der Waals surface area contributed by atoms with E-state index in [1.165, 1.54) is 33.4 Å². The molecule has 6 aromatic rings. The molecular weight excluding hydrogens is 611 g/mol. The molecule has 242 valence electrons. The van der Waals surface area contributed by atoms with E-state index in [1.807, 2.05) is 36.5 Å². The Morgan fingerprint density at radius 3 is 2.26 bits per heavy atom. The number of allylic oxidation sites excluding steroid dienone is 4. The summed E-state index contributed by atoms with van der Waals surface area (Å²) in [6.45, 7) is 4.60. The average Bonchev–Trinajstić information content (AvgIpc) is 3.45. The van der Waals surface area contributed by atoms with Gasteiger partial charge in [0.25, 0.3) is 0 Å². The Hall–Kier alpha value is -5.99. The number of hydrogen-bond donors (Lipinski definition) is 0. The van der Waals surface area contributed by atoms with Gasteiger partial charge in [0.2, 0.25) is 0 Å². The Bertz CT molecular complexity index is 2300. The molecule has 0 amide bonds. The van der Waals surface area contributed by atoms with E-state index in [1.54, 1.807) is 6.20 Å². The monoisotopic (exact) mass is 647 g/mol. The third-order valence-corrected chi connectivity index (χ3v) is 10.3. The summed E-state index contributed by atoms with van der Waals surface area (Å²) in [6.07, 6.45) is 14.3. The first-order chi connectivity index (χ1) is 24.6. The van der Waals surface area contributed by atoms with E-state index in [2.05, 4.69) is 116 Å². The molecule has 4 aromatic carbocycles. The van der Waals surface area contributed by atoms with E-state index in [4.69, 9.17) is 15.0 Å². The van der Waals surface area contributed by atoms with Gasteiger partial charge in [0.05, 0.1) is 11.6 Å². The van der Waals surface area contributed by atoms with E-state index in [9.17, 15) is 5.26 Å². The summed E-state index contributed by atoms with van der Waals surface area (Å²) in [5.74, 6) is 2.05. The fourth-order valence-corrected chi connectivity index (χ4v) is 7.61. The van der Waals surface area contributed by atoms with Crippen LogP contribution in [0.3, 0.4) is 0 Å². The molecule has 0 spiro atoms. The highest BCUT2D eigenvalue weighted by atomic mass is 15.0. The summed E-state index contributed by atoms with van der Waals surface area (Å²) in [7, 11) is 0. The summed E-state index contributed by atoms with van der Waals surface area (Å²) in [5, 5.41) is 9.79. The first-order valence-electron chi connectivity index (χ1n) is 17.4. The number of hydrogen-bond acceptors (Lipinski definition) is 5. The maximum atomic E-state index is 9.79. The van der Waals surface area contributed by atoms with Crippen molar-refractivity contribution < 1.29 is 0 Å². The molecular formula is C45H37N5. The zero-order valence-corrected chi connectivity index (χ0v) is 28.3. The van der Waals surface area contributed by atoms with Crippen molar-refractivity contribution in [3.63, 3.8) is 0 Å². The Balaban J connectivity index is 1.18. The molecule has 5 heteroatoms. The minimum Gasteiger partial charge on any atom is -0.264 e. The topological polar surface area (TPSA) is 75.3 Å². The molecule has 0 fully saturated rings. The minimum absolute atomic E-state index is 0.0296. The van der Waals surface area contributed by atoms with Crippen LogP contribution in [0.4, 0.5) is 0 Å². The zero-order chi connectivity index (χ0) is 34.1. The van der Waals surface area contributed by atoms with Gasteiger partial charge in [0.15, 0.2) is 11.6 Å². The highest BCUT2D eigenvalue weighted by Gasteiger charge is 2.40. The van der Waals surface area contributed by atoms with Crippen LogP contribution in [0.5, 0.6) is 0 Å². The lowest BCUT2D eigenvalue weighted by atomic mass is 9.75. The molecule has 0 saturated heterocycles. The van der Waals surface area contributed by atoms with Gasteiger partial charge in [0.1, 0.15) is 5.82 Å². The highest BCUT2D eigenvalue weighted by Crippen LogP contribution is 2.54. The lowest BCUT2D eigenvalue weighted by Crippen LogP contribution is -2.20. The molecule has 2 aliphatic carbocycles. The molecule has 0 saturated carbocycles. The Morgan fingerprint density at radius 1 is 0.760 bits per heavy atom. The van der Waals surface area contributed by atoms with Crippen LogP contribution in [0.2, 0.25) is 0 Å². The van der Waals surface area contributed by atoms with E-state index in [0.29, 0.717) is 17.2 Å². The lowest BCUT2D eigenvalue weighted by molar-refractivity contribution is 0.504. The SMILES string of the molecule is CCCC[C@]1(C)c2cc(C#N)ccc2-c2c(C3=CC=CC(c4nc(-c5ccccc5)nc(-c5ccc(-c6cccnc6)cc5)n4)C3)cccc21. The van der Waals surface area contributed by atoms with Gasteiger partial charge in [-0.05, 0) is 75.6 Å². The molecule has 2 atom stereocenters. The van der Waals surface area contributed by atoms with Crippen molar-refractivity contribution in [2.45, 2.75) is 50.9 Å². The number of rotatable bonds is 8. The number of benzene rings is 4. The third kappa shape index (κ3) is 5.63. The summed E-state index contributed by atoms with van der Waals surface area (Å²) in [5.41, 5.74) is 12.3. The van der Waals surface area contributed by atoms with Crippen molar-refractivity contribution >= 4 is 5.57 Å². The number of aromatic nitrogens is 4. The normalized spacial score (nSPS) is 17.5. The highest BCUT2D eigenvalue weighted by molar-refractivity contribution is 5.91. The Kier molecular flexibility index (Phi) is 8.22. The summed E-state index contributed by atoms with van der Waals surface area (Å²) in [4.78, 5) is 19.5. The smallest absolute Gasteiger partial charge is 0.163 e. The number of fused-ring (bicyclic) bond motifs is 3. The van der Waals surface area contributed by atoms with Crippen molar-refractivity contribution in [2.24, 2.45) is 0 Å². The second kappa shape index (κ2) is 13.1. The molecule has 1 unspecified atom stereocenters. The largest absolute Gasteiger partial charge is 0.264 e. The van der Waals surface area contributed by atoms with Gasteiger partial charge in [-0.15, -0.1) is 0 Å². The fraction of sp³-hybridized carbons (Fsp3) is 0.178. The summed E-state index contributed by atoms with van der Waals surface area (Å²) >= 11 is 0. The van der Waals surface area contributed by atoms with Crippen molar-refractivity contribution in [2.75, 3.05) is 0 Å². The number of nitrogens with zero attached hydrogens (tertiary/aromatic N) is 5. The van der Waals surface area contributed by atoms with Crippen molar-refractivity contribution in [1.29, 1.82) is 5.26 Å². The van der Waals surface area contributed by atoms with Crippen LogP contribution >= 0.6 is 0 Å². The van der Waals surface area contributed by atoms with Crippen molar-refractivity contribution in [1.82, 2.24) is 19.9 Å². The molecule has 2 aliphatic rings. The van der Waals surface area contributed by atoms with Gasteiger partial charge >= 0.3 is 0 Å². The van der Waals surface area contributed by atoms with E-state index < -0.39 is 0 Å². The molecule has 0 radical (unpaired) electrons. The van der Waals surface area contributed by atoms with Gasteiger partial charge in [-0.3, -0.25) is 4.98 Å². The Labute approximate surface area is 293 Å². The predicted molar refractivity (Wildman–Crippen MR) is 201 cm³/mol. The van der Waals surface area contributed by atoms with Gasteiger partial charge in [-0.25, -0.2) is 15.0 Å². The molecule has 0 bridgehead atoms. The van der Waals surface area contributed by atoms with Crippen LogP contribution in [-0.2, 0) is 5.41 Å². The summed E-state index contributed by atoms with van der Waals surface area (Å²) in [6, 6.07) is 37.9. The maximum absolute atomic E-state index is 9.79. The molecule has 0 N–H and O–H groups in total. The minimum atomic E-state index is -0.145. The van der Waals surface area contributed by atoms with Crippen molar-refractivity contribution in [3.8, 4) is 51.1 Å². The number of pyridine rings is 1. The van der Waals surface area contributed by atoms with Crippen LogP contribution in [0.25, 0.3) is 50.6 Å². The summed E-state index contributed by atoms with van der Waals surface area (Å²) < 4.78 is 0. The van der Waals surface area contributed by atoms with Crippen LogP contribution in [0.15, 0.2) is 134 Å². The van der Waals surface area contributed by atoms with Gasteiger partial charge in [-0.1, -0.05) is 130 Å². The number of unbranched alkanes of at least 4 members (excludes halogenated alkanes) is 1. The molecule has 8 rings (SSSR count). The molecule has 2 heterocycles. The molecule has 5 nitrogen and oxygen atoms in total. The fourth-order valence-electron chi connectivity index (χ4n) is 7.61. The van der Waals surface area contributed by atoms with Crippen LogP contribution in [0, 0.1) is 11.3 Å². The van der Waals surface area contributed by atoms with E-state index in [0.717, 1.165) is 53.8 Å². The van der Waals surface area contributed by atoms with Gasteiger partial charge in [-0.2, -0.15) is 5.26 Å². The van der Waals surface area contributed by atoms with Crippen LogP contribution in [-0.4, -0.2) is 19.9 Å². The van der Waals surface area contributed by atoms with Crippen LogP contribution in [0.1, 0.15) is 73.5 Å². The quantitative estimate of drug-likeness (QED) is 0.164. The first-order valence-corrected chi connectivity index (χ1v) is 17.4. The third-order valence-electron chi connectivity index (χ3n) is 10.3. The van der Waals surface area contributed by atoms with Crippen LogP contribution < -0.4 is 0 Å². The Morgan fingerprint density at radius 2 is 1.52 bits per heavy atom. The molecule has 2 aromatic heterocycles. The second-order valence-electron chi connectivity index (χ2n) is 13.4. The first kappa shape index (κ1) is 31.3. The standard InChI is InChI=1S/C45H37N5/c1-3-4-24-45(2)39-17-9-16-37(41(39)38-23-18-30(28-46)26-40(38)45)34-13-8-14-35(27-34)44-49-42(32-11-6-5-7-12-32)48-43(50-44)33-21-19-31(20-22-33)36-15-10-25-47-29-36/h5-23,25-26,29,35H,3-4,24,27H2,1-2H3/t35?,45-/m0/s1. The predicted octanol–water partition coefficient (Wildman–Crippen LogP) is 10.7. The average molecular weight is 648 g/mol. The molecule has 50 heavy (non-hydrogen) atoms. The van der Waals surface area contributed by atoms with E-state index in [-0.39, 0.29) is 11.3 Å².